The maximum Gasteiger partial charge on any atom is 0.214 e. The third kappa shape index (κ3) is 2.71. The van der Waals surface area contributed by atoms with Gasteiger partial charge in [0.05, 0.1) is 5.75 Å². The van der Waals surface area contributed by atoms with Gasteiger partial charge in [-0.3, -0.25) is 0 Å². The molecule has 15 heavy (non-hydrogen) atoms. The fraction of sp³-hybridized carbons (Fsp3) is 1.00. The Morgan fingerprint density at radius 2 is 2.20 bits per heavy atom. The number of hydrogen-bond acceptors (Lipinski definition) is 3. The average molecular weight is 232 g/mol. The molecule has 2 atom stereocenters. The van der Waals surface area contributed by atoms with Gasteiger partial charge in [-0.05, 0) is 38.6 Å². The summed E-state index contributed by atoms with van der Waals surface area (Å²) in [5.74, 6) is 0.859. The maximum absolute atomic E-state index is 11.6. The van der Waals surface area contributed by atoms with Crippen LogP contribution in [0.25, 0.3) is 0 Å². The van der Waals surface area contributed by atoms with Crippen LogP contribution in [0.4, 0.5) is 0 Å². The minimum atomic E-state index is -2.89. The zero-order valence-corrected chi connectivity index (χ0v) is 10.1. The van der Waals surface area contributed by atoms with Gasteiger partial charge in [-0.25, -0.2) is 12.7 Å². The molecule has 5 heteroatoms. The molecule has 2 fully saturated rings. The van der Waals surface area contributed by atoms with Crippen LogP contribution in [0.2, 0.25) is 0 Å². The van der Waals surface area contributed by atoms with E-state index in [-0.39, 0.29) is 0 Å². The van der Waals surface area contributed by atoms with Crippen molar-refractivity contribution in [1.29, 1.82) is 0 Å². The standard InChI is InChI=1S/C10H20N2O2S/c1-9-3-4-10(7-11-9)8-12-5-2-6-15(12,13)14/h9-11H,2-8H2,1H3. The molecule has 2 unspecified atom stereocenters. The number of nitrogens with zero attached hydrogens (tertiary/aromatic N) is 1. The van der Waals surface area contributed by atoms with Crippen molar-refractivity contribution in [3.63, 3.8) is 0 Å². The smallest absolute Gasteiger partial charge is 0.214 e. The molecule has 1 N–H and O–H groups in total. The molecule has 2 rings (SSSR count). The number of sulfonamides is 1. The van der Waals surface area contributed by atoms with E-state index >= 15 is 0 Å². The van der Waals surface area contributed by atoms with E-state index in [1.54, 1.807) is 4.31 Å². The first-order chi connectivity index (χ1) is 7.08. The van der Waals surface area contributed by atoms with Gasteiger partial charge in [-0.15, -0.1) is 0 Å². The van der Waals surface area contributed by atoms with Crippen LogP contribution >= 0.6 is 0 Å². The highest BCUT2D eigenvalue weighted by atomic mass is 32.2. The van der Waals surface area contributed by atoms with Gasteiger partial charge >= 0.3 is 0 Å². The second-order valence-corrected chi connectivity index (χ2v) is 6.87. The monoisotopic (exact) mass is 232 g/mol. The van der Waals surface area contributed by atoms with Gasteiger partial charge in [0.15, 0.2) is 0 Å². The summed E-state index contributed by atoms with van der Waals surface area (Å²) < 4.78 is 24.9. The molecule has 0 bridgehead atoms. The van der Waals surface area contributed by atoms with E-state index in [1.165, 1.54) is 6.42 Å². The molecule has 2 heterocycles. The van der Waals surface area contributed by atoms with Crippen molar-refractivity contribution in [2.24, 2.45) is 5.92 Å². The van der Waals surface area contributed by atoms with E-state index in [0.29, 0.717) is 17.7 Å². The van der Waals surface area contributed by atoms with Crippen molar-refractivity contribution in [2.75, 3.05) is 25.4 Å². The summed E-state index contributed by atoms with van der Waals surface area (Å²) in [6.45, 7) is 4.60. The number of rotatable bonds is 2. The molecule has 0 amide bonds. The van der Waals surface area contributed by atoms with Crippen molar-refractivity contribution in [1.82, 2.24) is 9.62 Å². The first-order valence-corrected chi connectivity index (χ1v) is 7.40. The summed E-state index contributed by atoms with van der Waals surface area (Å²) in [5, 5.41) is 3.41. The highest BCUT2D eigenvalue weighted by molar-refractivity contribution is 7.89. The molecule has 0 aromatic heterocycles. The summed E-state index contributed by atoms with van der Waals surface area (Å²) in [6, 6.07) is 0.594. The lowest BCUT2D eigenvalue weighted by atomic mass is 9.95. The number of nitrogens with one attached hydrogen (secondary N) is 1. The molecule has 2 aliphatic heterocycles. The predicted octanol–water partition coefficient (Wildman–Crippen LogP) is 0.410. The molecule has 88 valence electrons. The molecular formula is C10H20N2O2S. The van der Waals surface area contributed by atoms with E-state index in [4.69, 9.17) is 0 Å². The molecule has 0 radical (unpaired) electrons. The average Bonchev–Trinajstić information content (AvgIpc) is 2.50. The molecule has 2 saturated heterocycles. The largest absolute Gasteiger partial charge is 0.314 e. The van der Waals surface area contributed by atoms with Crippen LogP contribution in [0.15, 0.2) is 0 Å². The molecule has 0 saturated carbocycles. The Balaban J connectivity index is 1.87. The first kappa shape index (κ1) is 11.4. The van der Waals surface area contributed by atoms with Gasteiger partial charge in [-0.2, -0.15) is 0 Å². The van der Waals surface area contributed by atoms with Crippen molar-refractivity contribution >= 4 is 10.0 Å². The van der Waals surface area contributed by atoms with E-state index in [0.717, 1.165) is 32.5 Å². The van der Waals surface area contributed by atoms with Crippen LogP contribution in [-0.2, 0) is 10.0 Å². The number of piperidine rings is 1. The predicted molar refractivity (Wildman–Crippen MR) is 60.2 cm³/mol. The molecule has 4 nitrogen and oxygen atoms in total. The third-order valence-corrected chi connectivity index (χ3v) is 5.35. The molecule has 0 spiro atoms. The van der Waals surface area contributed by atoms with Crippen molar-refractivity contribution in [2.45, 2.75) is 32.2 Å². The van der Waals surface area contributed by atoms with E-state index in [2.05, 4.69) is 12.2 Å². The quantitative estimate of drug-likeness (QED) is 0.750. The molecule has 0 aromatic carbocycles. The van der Waals surface area contributed by atoms with Gasteiger partial charge in [0.25, 0.3) is 0 Å². The fourth-order valence-corrected chi connectivity index (χ4v) is 4.00. The Morgan fingerprint density at radius 3 is 2.73 bits per heavy atom. The second-order valence-electron chi connectivity index (χ2n) is 4.78. The SMILES string of the molecule is CC1CCC(CN2CCCS2(=O)=O)CN1. The summed E-state index contributed by atoms with van der Waals surface area (Å²) in [4.78, 5) is 0. The summed E-state index contributed by atoms with van der Waals surface area (Å²) in [5.41, 5.74) is 0. The van der Waals surface area contributed by atoms with E-state index < -0.39 is 10.0 Å². The Morgan fingerprint density at radius 1 is 1.40 bits per heavy atom. The van der Waals surface area contributed by atoms with Crippen LogP contribution < -0.4 is 5.32 Å². The molecule has 0 aromatic rings. The van der Waals surface area contributed by atoms with Crippen LogP contribution in [0.5, 0.6) is 0 Å². The third-order valence-electron chi connectivity index (χ3n) is 3.43. The summed E-state index contributed by atoms with van der Waals surface area (Å²) >= 11 is 0. The van der Waals surface area contributed by atoms with Crippen LogP contribution in [-0.4, -0.2) is 44.2 Å². The Hall–Kier alpha value is -0.130. The Kier molecular flexibility index (Phi) is 3.33. The van der Waals surface area contributed by atoms with Crippen LogP contribution in [0.3, 0.4) is 0 Å². The molecule has 0 aliphatic carbocycles. The van der Waals surface area contributed by atoms with Crippen LogP contribution in [0, 0.1) is 5.92 Å². The summed E-state index contributed by atoms with van der Waals surface area (Å²) in [7, 11) is -2.89. The zero-order chi connectivity index (χ0) is 10.9. The number of hydrogen-bond donors (Lipinski definition) is 1. The van der Waals surface area contributed by atoms with Crippen LogP contribution in [0.1, 0.15) is 26.2 Å². The van der Waals surface area contributed by atoms with Crippen molar-refractivity contribution in [3.8, 4) is 0 Å². The van der Waals surface area contributed by atoms with Gasteiger partial charge in [0.1, 0.15) is 0 Å². The highest BCUT2D eigenvalue weighted by Gasteiger charge is 2.31. The lowest BCUT2D eigenvalue weighted by Crippen LogP contribution is -2.42. The normalized spacial score (nSPS) is 36.9. The van der Waals surface area contributed by atoms with Gasteiger partial charge < -0.3 is 5.32 Å². The maximum atomic E-state index is 11.6. The lowest BCUT2D eigenvalue weighted by Gasteiger charge is -2.30. The lowest BCUT2D eigenvalue weighted by molar-refractivity contribution is 0.273. The Bertz CT molecular complexity index is 307. The van der Waals surface area contributed by atoms with Gasteiger partial charge in [0.2, 0.25) is 10.0 Å². The first-order valence-electron chi connectivity index (χ1n) is 5.79. The minimum absolute atomic E-state index is 0.351. The summed E-state index contributed by atoms with van der Waals surface area (Å²) in [6.07, 6.45) is 3.12. The van der Waals surface area contributed by atoms with Gasteiger partial charge in [0, 0.05) is 19.1 Å². The minimum Gasteiger partial charge on any atom is -0.314 e. The topological polar surface area (TPSA) is 49.4 Å². The van der Waals surface area contributed by atoms with Gasteiger partial charge in [-0.1, -0.05) is 0 Å². The fourth-order valence-electron chi connectivity index (χ4n) is 2.40. The van der Waals surface area contributed by atoms with Crippen molar-refractivity contribution in [3.05, 3.63) is 0 Å². The highest BCUT2D eigenvalue weighted by Crippen LogP contribution is 2.20. The zero-order valence-electron chi connectivity index (χ0n) is 9.28. The van der Waals surface area contributed by atoms with E-state index in [1.807, 2.05) is 0 Å². The Labute approximate surface area is 92.1 Å². The molecular weight excluding hydrogens is 212 g/mol. The van der Waals surface area contributed by atoms with E-state index in [9.17, 15) is 8.42 Å². The van der Waals surface area contributed by atoms with Crippen molar-refractivity contribution < 1.29 is 8.42 Å². The second kappa shape index (κ2) is 4.39. The molecule has 2 aliphatic rings.